The lowest BCUT2D eigenvalue weighted by molar-refractivity contribution is 0.530. The lowest BCUT2D eigenvalue weighted by Crippen LogP contribution is -2.18. The molecule has 1 heterocycles. The summed E-state index contributed by atoms with van der Waals surface area (Å²) in [6.07, 6.45) is 2.31. The predicted molar refractivity (Wildman–Crippen MR) is 78.4 cm³/mol. The second-order valence-corrected chi connectivity index (χ2v) is 6.08. The molecule has 1 aliphatic carbocycles. The third kappa shape index (κ3) is 2.33. The minimum atomic E-state index is 0.483. The number of hydrogen-bond acceptors (Lipinski definition) is 2. The molecule has 2 aromatic rings. The van der Waals surface area contributed by atoms with Gasteiger partial charge >= 0.3 is 0 Å². The summed E-state index contributed by atoms with van der Waals surface area (Å²) in [5.74, 6) is 0. The van der Waals surface area contributed by atoms with Crippen LogP contribution in [0.4, 0.5) is 0 Å². The third-order valence-corrected chi connectivity index (χ3v) is 4.83. The van der Waals surface area contributed by atoms with Gasteiger partial charge in [0.05, 0.1) is 0 Å². The van der Waals surface area contributed by atoms with Crippen molar-refractivity contribution >= 4 is 22.9 Å². The molecule has 0 bridgehead atoms. The first-order chi connectivity index (χ1) is 8.74. The maximum absolute atomic E-state index is 6.03. The van der Waals surface area contributed by atoms with Crippen LogP contribution in [-0.4, -0.2) is 0 Å². The van der Waals surface area contributed by atoms with Crippen LogP contribution < -0.4 is 5.32 Å². The zero-order valence-electron chi connectivity index (χ0n) is 10.4. The SMILES string of the molecule is Cc1cscc1CNC1CCc2cc(Cl)ccc21. The molecular formula is C15H16ClNS. The molecule has 0 saturated heterocycles. The van der Waals surface area contributed by atoms with Gasteiger partial charge in [0.25, 0.3) is 0 Å². The van der Waals surface area contributed by atoms with Gasteiger partial charge in [0.15, 0.2) is 0 Å². The second-order valence-electron chi connectivity index (χ2n) is 4.90. The van der Waals surface area contributed by atoms with Crippen LogP contribution >= 0.6 is 22.9 Å². The maximum atomic E-state index is 6.03. The predicted octanol–water partition coefficient (Wildman–Crippen LogP) is 4.49. The average molecular weight is 278 g/mol. The average Bonchev–Trinajstić information content (AvgIpc) is 2.93. The highest BCUT2D eigenvalue weighted by molar-refractivity contribution is 7.08. The number of thiophene rings is 1. The van der Waals surface area contributed by atoms with Crippen molar-refractivity contribution in [1.82, 2.24) is 5.32 Å². The van der Waals surface area contributed by atoms with E-state index in [1.165, 1.54) is 28.7 Å². The number of halogens is 1. The van der Waals surface area contributed by atoms with Crippen molar-refractivity contribution in [3.63, 3.8) is 0 Å². The van der Waals surface area contributed by atoms with E-state index in [1.54, 1.807) is 11.3 Å². The van der Waals surface area contributed by atoms with Crippen LogP contribution in [0.1, 0.15) is 34.7 Å². The molecule has 1 nitrogen and oxygen atoms in total. The van der Waals surface area contributed by atoms with Gasteiger partial charge in [0, 0.05) is 17.6 Å². The number of rotatable bonds is 3. The zero-order chi connectivity index (χ0) is 12.5. The van der Waals surface area contributed by atoms with Crippen LogP contribution in [0.3, 0.4) is 0 Å². The molecule has 1 aromatic carbocycles. The van der Waals surface area contributed by atoms with Crippen molar-refractivity contribution in [1.29, 1.82) is 0 Å². The molecule has 0 spiro atoms. The fraction of sp³-hybridized carbons (Fsp3) is 0.333. The highest BCUT2D eigenvalue weighted by atomic mass is 35.5. The Balaban J connectivity index is 1.71. The Labute approximate surface area is 117 Å². The molecular weight excluding hydrogens is 262 g/mol. The molecule has 1 atom stereocenters. The van der Waals surface area contributed by atoms with E-state index in [0.29, 0.717) is 6.04 Å². The minimum absolute atomic E-state index is 0.483. The highest BCUT2D eigenvalue weighted by Crippen LogP contribution is 2.33. The molecule has 1 aromatic heterocycles. The molecule has 3 rings (SSSR count). The molecule has 94 valence electrons. The Morgan fingerprint density at radius 3 is 3.06 bits per heavy atom. The molecule has 0 fully saturated rings. The standard InChI is InChI=1S/C15H16ClNS/c1-10-8-18-9-12(10)7-17-15-5-2-11-6-13(16)3-4-14(11)15/h3-4,6,8-9,15,17H,2,5,7H2,1H3. The van der Waals surface area contributed by atoms with E-state index in [4.69, 9.17) is 11.6 Å². The van der Waals surface area contributed by atoms with Crippen molar-refractivity contribution in [2.45, 2.75) is 32.4 Å². The zero-order valence-corrected chi connectivity index (χ0v) is 11.9. The Bertz CT molecular complexity index is 561. The van der Waals surface area contributed by atoms with E-state index in [2.05, 4.69) is 35.1 Å². The Morgan fingerprint density at radius 1 is 1.39 bits per heavy atom. The molecule has 1 aliphatic rings. The summed E-state index contributed by atoms with van der Waals surface area (Å²) in [5.41, 5.74) is 5.64. The van der Waals surface area contributed by atoms with Crippen LogP contribution in [0.5, 0.6) is 0 Å². The number of benzene rings is 1. The second kappa shape index (κ2) is 5.04. The van der Waals surface area contributed by atoms with Crippen molar-refractivity contribution in [2.24, 2.45) is 0 Å². The van der Waals surface area contributed by atoms with Crippen LogP contribution in [0, 0.1) is 6.92 Å². The molecule has 0 aliphatic heterocycles. The summed E-state index contributed by atoms with van der Waals surface area (Å²) in [7, 11) is 0. The quantitative estimate of drug-likeness (QED) is 0.872. The fourth-order valence-corrected chi connectivity index (χ4v) is 3.65. The van der Waals surface area contributed by atoms with Gasteiger partial charge < -0.3 is 5.32 Å². The van der Waals surface area contributed by atoms with Crippen LogP contribution in [-0.2, 0) is 13.0 Å². The third-order valence-electron chi connectivity index (χ3n) is 3.68. The van der Waals surface area contributed by atoms with Gasteiger partial charge in [-0.3, -0.25) is 0 Å². The van der Waals surface area contributed by atoms with Crippen molar-refractivity contribution < 1.29 is 0 Å². The largest absolute Gasteiger partial charge is 0.306 e. The Hall–Kier alpha value is -0.830. The lowest BCUT2D eigenvalue weighted by Gasteiger charge is -2.14. The first-order valence-electron chi connectivity index (χ1n) is 6.27. The molecule has 1 unspecified atom stereocenters. The van der Waals surface area contributed by atoms with Gasteiger partial charge in [0.1, 0.15) is 0 Å². The first-order valence-corrected chi connectivity index (χ1v) is 7.59. The monoisotopic (exact) mass is 277 g/mol. The molecule has 1 N–H and O–H groups in total. The van der Waals surface area contributed by atoms with Crippen LogP contribution in [0.2, 0.25) is 5.02 Å². The summed E-state index contributed by atoms with van der Waals surface area (Å²) in [4.78, 5) is 0. The summed E-state index contributed by atoms with van der Waals surface area (Å²) in [5, 5.41) is 8.96. The number of aryl methyl sites for hydroxylation is 2. The van der Waals surface area contributed by atoms with Crippen molar-refractivity contribution in [2.75, 3.05) is 0 Å². The van der Waals surface area contributed by atoms with E-state index in [9.17, 15) is 0 Å². The normalized spacial score (nSPS) is 18.0. The van der Waals surface area contributed by atoms with E-state index in [1.807, 2.05) is 6.07 Å². The summed E-state index contributed by atoms with van der Waals surface area (Å²) in [6, 6.07) is 6.75. The highest BCUT2D eigenvalue weighted by Gasteiger charge is 2.22. The van der Waals surface area contributed by atoms with Gasteiger partial charge in [-0.25, -0.2) is 0 Å². The van der Waals surface area contributed by atoms with E-state index < -0.39 is 0 Å². The molecule has 18 heavy (non-hydrogen) atoms. The Kier molecular flexibility index (Phi) is 3.42. The van der Waals surface area contributed by atoms with E-state index in [0.717, 1.165) is 18.0 Å². The number of fused-ring (bicyclic) bond motifs is 1. The van der Waals surface area contributed by atoms with Crippen molar-refractivity contribution in [3.05, 3.63) is 56.2 Å². The number of hydrogen-bond donors (Lipinski definition) is 1. The first kappa shape index (κ1) is 12.2. The lowest BCUT2D eigenvalue weighted by atomic mass is 10.1. The van der Waals surface area contributed by atoms with Gasteiger partial charge in [-0.1, -0.05) is 17.7 Å². The summed E-state index contributed by atoms with van der Waals surface area (Å²) >= 11 is 7.81. The maximum Gasteiger partial charge on any atom is 0.0408 e. The topological polar surface area (TPSA) is 12.0 Å². The van der Waals surface area contributed by atoms with E-state index in [-0.39, 0.29) is 0 Å². The number of nitrogens with one attached hydrogen (secondary N) is 1. The van der Waals surface area contributed by atoms with Crippen molar-refractivity contribution in [3.8, 4) is 0 Å². The summed E-state index contributed by atoms with van der Waals surface area (Å²) < 4.78 is 0. The van der Waals surface area contributed by atoms with Crippen LogP contribution in [0.25, 0.3) is 0 Å². The molecule has 3 heteroatoms. The van der Waals surface area contributed by atoms with Gasteiger partial charge in [-0.15, -0.1) is 0 Å². The molecule has 0 amide bonds. The molecule has 0 radical (unpaired) electrons. The summed E-state index contributed by atoms with van der Waals surface area (Å²) in [6.45, 7) is 3.14. The fourth-order valence-electron chi connectivity index (χ4n) is 2.60. The van der Waals surface area contributed by atoms with Gasteiger partial charge in [-0.05, 0) is 64.9 Å². The minimum Gasteiger partial charge on any atom is -0.306 e. The Morgan fingerprint density at radius 2 is 2.28 bits per heavy atom. The molecule has 0 saturated carbocycles. The van der Waals surface area contributed by atoms with Gasteiger partial charge in [-0.2, -0.15) is 11.3 Å². The van der Waals surface area contributed by atoms with Gasteiger partial charge in [0.2, 0.25) is 0 Å². The van der Waals surface area contributed by atoms with E-state index >= 15 is 0 Å². The van der Waals surface area contributed by atoms with Crippen LogP contribution in [0.15, 0.2) is 29.0 Å². The smallest absolute Gasteiger partial charge is 0.0408 e.